The molecule has 0 spiro atoms. The minimum Gasteiger partial charge on any atom is -0.543 e. The van der Waals surface area contributed by atoms with E-state index in [-0.39, 0.29) is 53.8 Å². The van der Waals surface area contributed by atoms with E-state index in [1.165, 1.54) is 0 Å². The van der Waals surface area contributed by atoms with E-state index in [1.807, 2.05) is 13.2 Å². The van der Waals surface area contributed by atoms with E-state index in [4.69, 9.17) is 0 Å². The van der Waals surface area contributed by atoms with Crippen LogP contribution in [0, 0.1) is 6.42 Å². The van der Waals surface area contributed by atoms with Gasteiger partial charge in [0.05, 0.1) is 0 Å². The molecule has 0 heterocycles. The second-order valence-corrected chi connectivity index (χ2v) is 2.03. The molecule has 0 aliphatic heterocycles. The third kappa shape index (κ3) is 6.56. The van der Waals surface area contributed by atoms with Gasteiger partial charge in [-0.05, 0) is 0 Å². The minimum atomic E-state index is -0.593. The van der Waals surface area contributed by atoms with Crippen LogP contribution in [0.3, 0.4) is 0 Å². The van der Waals surface area contributed by atoms with Crippen molar-refractivity contribution in [3.63, 3.8) is 0 Å². The van der Waals surface area contributed by atoms with Crippen LogP contribution >= 0.6 is 9.39 Å². The van der Waals surface area contributed by atoms with Crippen molar-refractivity contribution in [2.45, 2.75) is 19.4 Å². The molecule has 2 nitrogen and oxygen atoms in total. The predicted molar refractivity (Wildman–Crippen MR) is 36.9 cm³/mol. The van der Waals surface area contributed by atoms with E-state index in [0.29, 0.717) is 0 Å². The Morgan fingerprint density at radius 1 is 1.70 bits per heavy atom. The predicted octanol–water partition coefficient (Wildman–Crippen LogP) is 0.454. The molecular weight excluding hydrogens is 394 g/mol. The van der Waals surface area contributed by atoms with Crippen LogP contribution in [0.5, 0.6) is 0 Å². The van der Waals surface area contributed by atoms with Gasteiger partial charge in [0.1, 0.15) is 0 Å². The molecule has 0 aromatic carbocycles. The molecule has 0 fully saturated rings. The first-order valence-electron chi connectivity index (χ1n) is 2.36. The SMILES string of the molecule is C[CH-]C(C)([C-]=O)NP.[W].[Y]. The molecule has 0 saturated carbocycles. The molecule has 5 heteroatoms. The molecule has 57 valence electrons. The zero-order valence-electron chi connectivity index (χ0n) is 6.05. The topological polar surface area (TPSA) is 29.1 Å². The molecule has 10 heavy (non-hydrogen) atoms. The smallest absolute Gasteiger partial charge is 0 e. The summed E-state index contributed by atoms with van der Waals surface area (Å²) in [4.78, 5) is 10.1. The molecule has 0 bridgehead atoms. The summed E-state index contributed by atoms with van der Waals surface area (Å²) in [5.41, 5.74) is -0.593. The van der Waals surface area contributed by atoms with Crippen molar-refractivity contribution in [1.29, 1.82) is 0 Å². The van der Waals surface area contributed by atoms with E-state index in [0.717, 1.165) is 0 Å². The molecule has 0 aromatic rings. The van der Waals surface area contributed by atoms with Gasteiger partial charge in [0.15, 0.2) is 0 Å². The van der Waals surface area contributed by atoms with Crippen LogP contribution < -0.4 is 5.09 Å². The van der Waals surface area contributed by atoms with Gasteiger partial charge in [-0.25, -0.2) is 5.54 Å². The zero-order valence-corrected chi connectivity index (χ0v) is 13.0. The summed E-state index contributed by atoms with van der Waals surface area (Å²) in [5, 5.41) is 2.72. The van der Waals surface area contributed by atoms with Crippen molar-refractivity contribution < 1.29 is 58.6 Å². The molecule has 1 N–H and O–H groups in total. The van der Waals surface area contributed by atoms with E-state index in [9.17, 15) is 4.79 Å². The maximum absolute atomic E-state index is 10.1. The van der Waals surface area contributed by atoms with Crippen molar-refractivity contribution in [1.82, 2.24) is 5.09 Å². The fourth-order valence-corrected chi connectivity index (χ4v) is 0.397. The van der Waals surface area contributed by atoms with E-state index in [2.05, 4.69) is 14.5 Å². The number of rotatable bonds is 3. The van der Waals surface area contributed by atoms with Gasteiger partial charge in [-0.15, -0.1) is 0 Å². The molecule has 0 amide bonds. The average Bonchev–Trinajstić information content (AvgIpc) is 1.87. The molecule has 0 aliphatic rings. The molecule has 0 rings (SSSR count). The van der Waals surface area contributed by atoms with Gasteiger partial charge in [-0.2, -0.15) is 6.92 Å². The number of hydrogen-bond donors (Lipinski definition) is 1. The molecular formula is C5H10NOPWY-2. The largest absolute Gasteiger partial charge is 0.543 e. The van der Waals surface area contributed by atoms with Crippen LogP contribution in [-0.2, 0) is 58.6 Å². The van der Waals surface area contributed by atoms with Crippen molar-refractivity contribution in [3.05, 3.63) is 6.42 Å². The molecule has 0 aromatic heterocycles. The maximum atomic E-state index is 10.1. The summed E-state index contributed by atoms with van der Waals surface area (Å²) in [6.45, 7) is 3.55. The second kappa shape index (κ2) is 8.94. The van der Waals surface area contributed by atoms with Crippen molar-refractivity contribution in [2.75, 3.05) is 0 Å². The van der Waals surface area contributed by atoms with Crippen LogP contribution in [0.2, 0.25) is 0 Å². The number of nitrogens with one attached hydrogen (secondary N) is 1. The standard InChI is InChI=1S/C5H10NOP.W.Y/c1-3-5(2,4-7)6-8;;/h3,6H,8H2,1-2H3;;/q-2;;. The maximum Gasteiger partial charge on any atom is 0 e. The fourth-order valence-electron chi connectivity index (χ4n) is 0.172. The summed E-state index contributed by atoms with van der Waals surface area (Å²) in [7, 11) is 2.27. The molecule has 1 radical (unpaired) electrons. The van der Waals surface area contributed by atoms with Crippen LogP contribution in [-0.4, -0.2) is 11.8 Å². The number of carbonyl (C=O) groups excluding carboxylic acids is 1. The quantitative estimate of drug-likeness (QED) is 0.548. The van der Waals surface area contributed by atoms with Gasteiger partial charge in [0.2, 0.25) is 0 Å². The molecule has 0 saturated heterocycles. The molecule has 2 atom stereocenters. The van der Waals surface area contributed by atoms with Crippen LogP contribution in [0.4, 0.5) is 0 Å². The van der Waals surface area contributed by atoms with Crippen LogP contribution in [0.1, 0.15) is 13.8 Å². The van der Waals surface area contributed by atoms with Gasteiger partial charge in [0, 0.05) is 53.8 Å². The summed E-state index contributed by atoms with van der Waals surface area (Å²) >= 11 is 0. The van der Waals surface area contributed by atoms with Gasteiger partial charge >= 0.3 is 0 Å². The van der Waals surface area contributed by atoms with Crippen molar-refractivity contribution in [2.24, 2.45) is 0 Å². The average molecular weight is 404 g/mol. The first-order chi connectivity index (χ1) is 3.68. The Labute approximate surface area is 104 Å². The minimum absolute atomic E-state index is 0. The Bertz CT molecular complexity index is 89.7. The fraction of sp³-hybridized carbons (Fsp3) is 0.600. The van der Waals surface area contributed by atoms with Crippen LogP contribution in [0.25, 0.3) is 0 Å². The summed E-state index contributed by atoms with van der Waals surface area (Å²) in [6, 6.07) is 0. The van der Waals surface area contributed by atoms with E-state index < -0.39 is 5.54 Å². The summed E-state index contributed by atoms with van der Waals surface area (Å²) < 4.78 is 0. The first kappa shape index (κ1) is 17.8. The van der Waals surface area contributed by atoms with Crippen molar-refractivity contribution >= 4 is 15.7 Å². The van der Waals surface area contributed by atoms with Crippen LogP contribution in [0.15, 0.2) is 0 Å². The van der Waals surface area contributed by atoms with E-state index in [1.54, 1.807) is 13.3 Å². The third-order valence-corrected chi connectivity index (χ3v) is 1.69. The monoisotopic (exact) mass is 404 g/mol. The molecule has 0 aliphatic carbocycles. The van der Waals surface area contributed by atoms with Gasteiger partial charge in [-0.3, -0.25) is 6.29 Å². The Morgan fingerprint density at radius 3 is 2.10 bits per heavy atom. The first-order valence-corrected chi connectivity index (χ1v) is 2.94. The van der Waals surface area contributed by atoms with E-state index >= 15 is 0 Å². The summed E-state index contributed by atoms with van der Waals surface area (Å²) in [6.07, 6.45) is 3.58. The Kier molecular flexibility index (Phi) is 15.9. The third-order valence-electron chi connectivity index (χ3n) is 1.09. The Balaban J connectivity index is -0.000000245. The Hall–Kier alpha value is 1.85. The zero-order chi connectivity index (χ0) is 6.62. The normalized spacial score (nSPS) is 13.9. The van der Waals surface area contributed by atoms with Gasteiger partial charge in [0.25, 0.3) is 0 Å². The number of hydrogen-bond acceptors (Lipinski definition) is 2. The Morgan fingerprint density at radius 2 is 2.10 bits per heavy atom. The van der Waals surface area contributed by atoms with Crippen molar-refractivity contribution in [3.8, 4) is 0 Å². The second-order valence-electron chi connectivity index (χ2n) is 1.74. The van der Waals surface area contributed by atoms with Gasteiger partial charge in [-0.1, -0.05) is 16.3 Å². The molecule has 2 unspecified atom stereocenters. The summed E-state index contributed by atoms with van der Waals surface area (Å²) in [5.74, 6) is 0. The van der Waals surface area contributed by atoms with Gasteiger partial charge < -0.3 is 16.3 Å².